The van der Waals surface area contributed by atoms with E-state index in [1.807, 2.05) is 17.0 Å². The third kappa shape index (κ3) is 5.06. The lowest BCUT2D eigenvalue weighted by Gasteiger charge is -2.35. The van der Waals surface area contributed by atoms with Gasteiger partial charge in [-0.3, -0.25) is 9.88 Å². The highest BCUT2D eigenvalue weighted by Crippen LogP contribution is 2.20. The third-order valence-electron chi connectivity index (χ3n) is 4.99. The molecule has 130 valence electrons. The highest BCUT2D eigenvalue weighted by molar-refractivity contribution is 5.74. The van der Waals surface area contributed by atoms with Crippen LogP contribution in [-0.4, -0.2) is 53.5 Å². The fraction of sp³-hybridized carbons (Fsp3) is 0.579. The van der Waals surface area contributed by atoms with Gasteiger partial charge in [0.2, 0.25) is 0 Å². The standard InChI is InChI=1S/C19H28N4O/c24-19(21-16-18-6-9-20-10-7-18)23-14-12-22(13-15-23)11-8-17-4-2-1-3-5-17/h4,6-7,9-10H,1-3,5,8,11-16H2,(H,21,24). The first-order chi connectivity index (χ1) is 11.8. The fourth-order valence-electron chi connectivity index (χ4n) is 3.40. The van der Waals surface area contributed by atoms with Gasteiger partial charge in [-0.25, -0.2) is 4.79 Å². The summed E-state index contributed by atoms with van der Waals surface area (Å²) in [5, 5.41) is 3.00. The molecule has 1 aromatic rings. The van der Waals surface area contributed by atoms with Gasteiger partial charge in [0.15, 0.2) is 0 Å². The molecular formula is C19H28N4O. The van der Waals surface area contributed by atoms with Crippen molar-refractivity contribution in [1.29, 1.82) is 0 Å². The molecule has 2 aliphatic rings. The maximum atomic E-state index is 12.3. The first kappa shape index (κ1) is 17.0. The number of pyridine rings is 1. The molecule has 0 aromatic carbocycles. The van der Waals surface area contributed by atoms with Gasteiger partial charge in [-0.15, -0.1) is 0 Å². The number of aromatic nitrogens is 1. The Kier molecular flexibility index (Phi) is 6.24. The Hall–Kier alpha value is -1.88. The molecule has 1 aliphatic carbocycles. The van der Waals surface area contributed by atoms with Crippen molar-refractivity contribution in [3.63, 3.8) is 0 Å². The Balaban J connectivity index is 1.35. The van der Waals surface area contributed by atoms with E-state index < -0.39 is 0 Å². The summed E-state index contributed by atoms with van der Waals surface area (Å²) in [6.45, 7) is 5.31. The summed E-state index contributed by atoms with van der Waals surface area (Å²) in [5.41, 5.74) is 2.72. The highest BCUT2D eigenvalue weighted by Gasteiger charge is 2.20. The van der Waals surface area contributed by atoms with Gasteiger partial charge in [-0.2, -0.15) is 0 Å². The molecule has 2 heterocycles. The largest absolute Gasteiger partial charge is 0.334 e. The number of urea groups is 1. The van der Waals surface area contributed by atoms with Gasteiger partial charge in [-0.1, -0.05) is 11.6 Å². The molecule has 0 saturated carbocycles. The molecule has 1 fully saturated rings. The van der Waals surface area contributed by atoms with Crippen LogP contribution in [0, 0.1) is 0 Å². The zero-order valence-electron chi connectivity index (χ0n) is 14.4. The van der Waals surface area contributed by atoms with E-state index >= 15 is 0 Å². The number of hydrogen-bond acceptors (Lipinski definition) is 3. The van der Waals surface area contributed by atoms with Gasteiger partial charge in [0.25, 0.3) is 0 Å². The average Bonchev–Trinajstić information content (AvgIpc) is 2.66. The molecule has 3 rings (SSSR count). The zero-order chi connectivity index (χ0) is 16.6. The van der Waals surface area contributed by atoms with Gasteiger partial charge in [0, 0.05) is 51.7 Å². The number of carbonyl (C=O) groups is 1. The molecule has 0 spiro atoms. The summed E-state index contributed by atoms with van der Waals surface area (Å²) in [7, 11) is 0. The van der Waals surface area contributed by atoms with E-state index in [-0.39, 0.29) is 6.03 Å². The highest BCUT2D eigenvalue weighted by atomic mass is 16.2. The van der Waals surface area contributed by atoms with E-state index in [1.165, 1.54) is 32.1 Å². The van der Waals surface area contributed by atoms with E-state index in [0.29, 0.717) is 6.54 Å². The van der Waals surface area contributed by atoms with Crippen LogP contribution in [0.15, 0.2) is 36.2 Å². The molecule has 0 bridgehead atoms. The van der Waals surface area contributed by atoms with Crippen LogP contribution in [0.5, 0.6) is 0 Å². The molecule has 5 nitrogen and oxygen atoms in total. The molecule has 24 heavy (non-hydrogen) atoms. The number of piperazine rings is 1. The predicted octanol–water partition coefficient (Wildman–Crippen LogP) is 2.80. The van der Waals surface area contributed by atoms with Crippen molar-refractivity contribution in [2.24, 2.45) is 0 Å². The van der Waals surface area contributed by atoms with E-state index in [1.54, 1.807) is 18.0 Å². The summed E-state index contributed by atoms with van der Waals surface area (Å²) < 4.78 is 0. The van der Waals surface area contributed by atoms with Crippen molar-refractivity contribution in [2.45, 2.75) is 38.6 Å². The third-order valence-corrected chi connectivity index (χ3v) is 4.99. The molecule has 1 saturated heterocycles. The monoisotopic (exact) mass is 328 g/mol. The summed E-state index contributed by atoms with van der Waals surface area (Å²) in [6, 6.07) is 3.90. The van der Waals surface area contributed by atoms with E-state index in [9.17, 15) is 4.79 Å². The number of allylic oxidation sites excluding steroid dienone is 1. The Bertz CT molecular complexity index is 550. The SMILES string of the molecule is O=C(NCc1ccncc1)N1CCN(CCC2=CCCCC2)CC1. The van der Waals surface area contributed by atoms with Crippen molar-refractivity contribution < 1.29 is 4.79 Å². The van der Waals surface area contributed by atoms with Gasteiger partial charge < -0.3 is 10.2 Å². The summed E-state index contributed by atoms with van der Waals surface area (Å²) in [4.78, 5) is 20.7. The molecular weight excluding hydrogens is 300 g/mol. The summed E-state index contributed by atoms with van der Waals surface area (Å²) >= 11 is 0. The van der Waals surface area contributed by atoms with Crippen molar-refractivity contribution in [3.05, 3.63) is 41.7 Å². The summed E-state index contributed by atoms with van der Waals surface area (Å²) in [6.07, 6.45) is 12.4. The fourth-order valence-corrected chi connectivity index (χ4v) is 3.40. The second-order valence-corrected chi connectivity index (χ2v) is 6.70. The second-order valence-electron chi connectivity index (χ2n) is 6.70. The van der Waals surface area contributed by atoms with Crippen LogP contribution in [0.4, 0.5) is 4.79 Å². The Morgan fingerprint density at radius 3 is 2.62 bits per heavy atom. The number of hydrogen-bond donors (Lipinski definition) is 1. The Labute approximate surface area is 144 Å². The van der Waals surface area contributed by atoms with Gasteiger partial charge in [0.1, 0.15) is 0 Å². The number of nitrogens with zero attached hydrogens (tertiary/aromatic N) is 3. The van der Waals surface area contributed by atoms with Crippen LogP contribution in [0.3, 0.4) is 0 Å². The molecule has 1 aliphatic heterocycles. The number of rotatable bonds is 5. The minimum Gasteiger partial charge on any atom is -0.334 e. The normalized spacial score (nSPS) is 19.0. The molecule has 5 heteroatoms. The topological polar surface area (TPSA) is 48.5 Å². The molecule has 0 unspecified atom stereocenters. The van der Waals surface area contributed by atoms with Gasteiger partial charge >= 0.3 is 6.03 Å². The molecule has 0 atom stereocenters. The zero-order valence-corrected chi connectivity index (χ0v) is 14.4. The lowest BCUT2D eigenvalue weighted by atomic mass is 9.97. The van der Waals surface area contributed by atoms with Crippen molar-refractivity contribution in [1.82, 2.24) is 20.1 Å². The van der Waals surface area contributed by atoms with Crippen molar-refractivity contribution in [2.75, 3.05) is 32.7 Å². The first-order valence-electron chi connectivity index (χ1n) is 9.13. The summed E-state index contributed by atoms with van der Waals surface area (Å²) in [5.74, 6) is 0. The van der Waals surface area contributed by atoms with Crippen LogP contribution < -0.4 is 5.32 Å². The van der Waals surface area contributed by atoms with Crippen molar-refractivity contribution in [3.8, 4) is 0 Å². The molecule has 1 aromatic heterocycles. The lowest BCUT2D eigenvalue weighted by molar-refractivity contribution is 0.139. The number of nitrogens with one attached hydrogen (secondary N) is 1. The molecule has 0 radical (unpaired) electrons. The molecule has 2 amide bonds. The first-order valence-corrected chi connectivity index (χ1v) is 9.13. The molecule has 1 N–H and O–H groups in total. The van der Waals surface area contributed by atoms with E-state index in [2.05, 4.69) is 21.3 Å². The van der Waals surface area contributed by atoms with Crippen LogP contribution >= 0.6 is 0 Å². The van der Waals surface area contributed by atoms with Crippen molar-refractivity contribution >= 4 is 6.03 Å². The predicted molar refractivity (Wildman–Crippen MR) is 95.7 cm³/mol. The lowest BCUT2D eigenvalue weighted by Crippen LogP contribution is -2.51. The Morgan fingerprint density at radius 1 is 1.12 bits per heavy atom. The Morgan fingerprint density at radius 2 is 1.92 bits per heavy atom. The maximum Gasteiger partial charge on any atom is 0.317 e. The van der Waals surface area contributed by atoms with Crippen LogP contribution in [0.25, 0.3) is 0 Å². The quantitative estimate of drug-likeness (QED) is 0.846. The van der Waals surface area contributed by atoms with Gasteiger partial charge in [0.05, 0.1) is 0 Å². The van der Waals surface area contributed by atoms with Gasteiger partial charge in [-0.05, 0) is 49.8 Å². The van der Waals surface area contributed by atoms with Crippen LogP contribution in [0.1, 0.15) is 37.7 Å². The second kappa shape index (κ2) is 8.83. The smallest absolute Gasteiger partial charge is 0.317 e. The van der Waals surface area contributed by atoms with Crippen LogP contribution in [0.2, 0.25) is 0 Å². The number of carbonyl (C=O) groups excluding carboxylic acids is 1. The minimum absolute atomic E-state index is 0.0430. The average molecular weight is 328 g/mol. The minimum atomic E-state index is 0.0430. The van der Waals surface area contributed by atoms with Crippen LogP contribution in [-0.2, 0) is 6.54 Å². The van der Waals surface area contributed by atoms with E-state index in [4.69, 9.17) is 0 Å². The van der Waals surface area contributed by atoms with E-state index in [0.717, 1.165) is 38.3 Å². The number of amides is 2. The maximum absolute atomic E-state index is 12.3.